The van der Waals surface area contributed by atoms with Crippen LogP contribution in [-0.4, -0.2) is 6.16 Å². The van der Waals surface area contributed by atoms with Gasteiger partial charge in [0.1, 0.15) is 0 Å². The monoisotopic (exact) mass is 410 g/mol. The Morgan fingerprint density at radius 3 is 1.24 bits per heavy atom. The number of para-hydroxylation sites is 3. The summed E-state index contributed by atoms with van der Waals surface area (Å²) in [6.45, 7) is 8.33. The molecule has 0 unspecified atom stereocenters. The molecule has 0 radical (unpaired) electrons. The first kappa shape index (κ1) is 21.2. The molecule has 29 heavy (non-hydrogen) atoms. The standard InChI is InChI=1S/C25H31O3P/c1-5-6-19-29(26-23-16-10-7-13-20(23)2,27-24-17-11-8-14-21(24)3)28-25-18-12-9-15-22(25)4/h7-18,29H,5-6,19H2,1-4H3. The van der Waals surface area contributed by atoms with E-state index in [1.165, 1.54) is 0 Å². The molecule has 0 N–H and O–H groups in total. The SMILES string of the molecule is CCCC[PH](Oc1ccccc1C)(Oc1ccccc1C)Oc1ccccc1C. The third-order valence-electron chi connectivity index (χ3n) is 4.91. The van der Waals surface area contributed by atoms with Crippen LogP contribution in [0.2, 0.25) is 0 Å². The third kappa shape index (κ3) is 5.52. The molecule has 3 aromatic rings. The second-order valence-electron chi connectivity index (χ2n) is 7.39. The molecule has 0 aliphatic heterocycles. The topological polar surface area (TPSA) is 27.7 Å². The zero-order valence-electron chi connectivity index (χ0n) is 17.8. The first-order valence-corrected chi connectivity index (χ1v) is 12.2. The summed E-state index contributed by atoms with van der Waals surface area (Å²) >= 11 is 0. The van der Waals surface area contributed by atoms with Crippen LogP contribution in [0.1, 0.15) is 36.5 Å². The normalized spacial score (nSPS) is 11.7. The van der Waals surface area contributed by atoms with Crippen molar-refractivity contribution in [3.63, 3.8) is 0 Å². The van der Waals surface area contributed by atoms with Gasteiger partial charge in [0.05, 0.1) is 0 Å². The van der Waals surface area contributed by atoms with Crippen molar-refractivity contribution in [3.05, 3.63) is 89.5 Å². The molecule has 0 aliphatic carbocycles. The number of benzene rings is 3. The summed E-state index contributed by atoms with van der Waals surface area (Å²) in [5.41, 5.74) is 3.22. The Morgan fingerprint density at radius 1 is 0.586 bits per heavy atom. The fraction of sp³-hybridized carbons (Fsp3) is 0.280. The van der Waals surface area contributed by atoms with Crippen LogP contribution in [0.3, 0.4) is 0 Å². The van der Waals surface area contributed by atoms with Crippen molar-refractivity contribution in [1.82, 2.24) is 0 Å². The third-order valence-corrected chi connectivity index (χ3v) is 7.47. The van der Waals surface area contributed by atoms with Gasteiger partial charge in [-0.25, -0.2) is 0 Å². The molecule has 0 saturated carbocycles. The number of rotatable bonds is 9. The van der Waals surface area contributed by atoms with E-state index in [0.29, 0.717) is 0 Å². The molecule has 154 valence electrons. The molecule has 0 heterocycles. The van der Waals surface area contributed by atoms with E-state index in [1.807, 2.05) is 54.6 Å². The molecular formula is C25H31O3P. The quantitative estimate of drug-likeness (QED) is 0.343. The maximum atomic E-state index is 6.65. The van der Waals surface area contributed by atoms with Crippen LogP contribution in [-0.2, 0) is 0 Å². The Morgan fingerprint density at radius 2 is 0.931 bits per heavy atom. The van der Waals surface area contributed by atoms with Gasteiger partial charge < -0.3 is 0 Å². The first-order valence-electron chi connectivity index (χ1n) is 10.3. The van der Waals surface area contributed by atoms with E-state index in [2.05, 4.69) is 45.9 Å². The number of unbranched alkanes of at least 4 members (excludes halogenated alkanes) is 1. The Kier molecular flexibility index (Phi) is 7.17. The van der Waals surface area contributed by atoms with Crippen LogP contribution in [0.15, 0.2) is 72.8 Å². The van der Waals surface area contributed by atoms with E-state index < -0.39 is 7.94 Å². The molecule has 0 saturated heterocycles. The molecule has 0 aliphatic rings. The van der Waals surface area contributed by atoms with E-state index in [9.17, 15) is 0 Å². The summed E-state index contributed by atoms with van der Waals surface area (Å²) in [4.78, 5) is 0. The van der Waals surface area contributed by atoms with Gasteiger partial charge in [0.15, 0.2) is 0 Å². The number of aryl methyl sites for hydroxylation is 3. The van der Waals surface area contributed by atoms with Crippen molar-refractivity contribution in [2.45, 2.75) is 40.5 Å². The van der Waals surface area contributed by atoms with Gasteiger partial charge in [0, 0.05) is 0 Å². The summed E-state index contributed by atoms with van der Waals surface area (Å²) in [6.07, 6.45) is 2.75. The second-order valence-corrected chi connectivity index (χ2v) is 9.87. The zero-order valence-corrected chi connectivity index (χ0v) is 18.8. The number of hydrogen-bond acceptors (Lipinski definition) is 3. The van der Waals surface area contributed by atoms with E-state index in [-0.39, 0.29) is 0 Å². The molecule has 4 heteroatoms. The summed E-state index contributed by atoms with van der Waals surface area (Å²) < 4.78 is 19.9. The molecule has 3 nitrogen and oxygen atoms in total. The average Bonchev–Trinajstić information content (AvgIpc) is 2.72. The first-order chi connectivity index (χ1) is 14.0. The van der Waals surface area contributed by atoms with E-state index >= 15 is 0 Å². The minimum absolute atomic E-state index is 0.737. The van der Waals surface area contributed by atoms with E-state index in [4.69, 9.17) is 13.6 Å². The van der Waals surface area contributed by atoms with Crippen LogP contribution >= 0.6 is 7.94 Å². The van der Waals surface area contributed by atoms with E-state index in [1.54, 1.807) is 0 Å². The minimum atomic E-state index is -3.13. The number of hydrogen-bond donors (Lipinski definition) is 0. The molecule has 3 aromatic carbocycles. The molecule has 0 spiro atoms. The van der Waals surface area contributed by atoms with Crippen LogP contribution < -0.4 is 13.6 Å². The summed E-state index contributed by atoms with van der Waals surface area (Å²) in [5, 5.41) is 0. The summed E-state index contributed by atoms with van der Waals surface area (Å²) in [5.74, 6) is 2.45. The van der Waals surface area contributed by atoms with Crippen molar-refractivity contribution < 1.29 is 13.6 Å². The fourth-order valence-corrected chi connectivity index (χ4v) is 6.03. The Labute approximate surface area is 175 Å². The molecule has 0 aromatic heterocycles. The zero-order chi connectivity index (χ0) is 20.7. The Bertz CT molecular complexity index is 823. The van der Waals surface area contributed by atoms with Crippen LogP contribution in [0.25, 0.3) is 0 Å². The summed E-state index contributed by atoms with van der Waals surface area (Å²) in [7, 11) is -3.13. The average molecular weight is 410 g/mol. The van der Waals surface area contributed by atoms with Crippen molar-refractivity contribution in [1.29, 1.82) is 0 Å². The Hall–Kier alpha value is -2.51. The predicted molar refractivity (Wildman–Crippen MR) is 124 cm³/mol. The Balaban J connectivity index is 2.05. The van der Waals surface area contributed by atoms with Crippen LogP contribution in [0, 0.1) is 20.8 Å². The van der Waals surface area contributed by atoms with Gasteiger partial charge in [-0.1, -0.05) is 0 Å². The fourth-order valence-electron chi connectivity index (χ4n) is 3.12. The van der Waals surface area contributed by atoms with Gasteiger partial charge in [0.2, 0.25) is 0 Å². The van der Waals surface area contributed by atoms with E-state index in [0.717, 1.165) is 52.9 Å². The van der Waals surface area contributed by atoms with Gasteiger partial charge in [-0.3, -0.25) is 0 Å². The van der Waals surface area contributed by atoms with Crippen molar-refractivity contribution in [2.75, 3.05) is 6.16 Å². The van der Waals surface area contributed by atoms with Gasteiger partial charge in [-0.05, 0) is 0 Å². The molecule has 3 rings (SSSR count). The molecule has 0 amide bonds. The van der Waals surface area contributed by atoms with Crippen LogP contribution in [0.5, 0.6) is 17.2 Å². The summed E-state index contributed by atoms with van der Waals surface area (Å²) in [6, 6.07) is 24.1. The van der Waals surface area contributed by atoms with Crippen LogP contribution in [0.4, 0.5) is 0 Å². The molecule has 0 atom stereocenters. The van der Waals surface area contributed by atoms with Crippen molar-refractivity contribution in [3.8, 4) is 17.2 Å². The molecular weight excluding hydrogens is 379 g/mol. The van der Waals surface area contributed by atoms with Gasteiger partial charge in [0.25, 0.3) is 0 Å². The van der Waals surface area contributed by atoms with Crippen molar-refractivity contribution >= 4 is 7.94 Å². The predicted octanol–water partition coefficient (Wildman–Crippen LogP) is 7.44. The van der Waals surface area contributed by atoms with Gasteiger partial charge >= 0.3 is 175 Å². The second kappa shape index (κ2) is 9.80. The molecule has 0 bridgehead atoms. The molecule has 0 fully saturated rings. The van der Waals surface area contributed by atoms with Crippen molar-refractivity contribution in [2.24, 2.45) is 0 Å². The van der Waals surface area contributed by atoms with Gasteiger partial charge in [-0.2, -0.15) is 0 Å². The maximum absolute atomic E-state index is 6.65. The van der Waals surface area contributed by atoms with Gasteiger partial charge in [-0.15, -0.1) is 0 Å².